The van der Waals surface area contributed by atoms with Gasteiger partial charge in [-0.1, -0.05) is 11.6 Å². The van der Waals surface area contributed by atoms with Gasteiger partial charge in [-0.3, -0.25) is 0 Å². The van der Waals surface area contributed by atoms with Crippen molar-refractivity contribution in [2.75, 3.05) is 13.1 Å². The van der Waals surface area contributed by atoms with Gasteiger partial charge in [0.05, 0.1) is 6.10 Å². The predicted molar refractivity (Wildman–Crippen MR) is 65.0 cm³/mol. The quantitative estimate of drug-likeness (QED) is 0.854. The lowest BCUT2D eigenvalue weighted by atomic mass is 10.0. The molecule has 2 fully saturated rings. The Kier molecular flexibility index (Phi) is 2.78. The number of fused-ring (bicyclic) bond motifs is 1. The summed E-state index contributed by atoms with van der Waals surface area (Å²) in [5.74, 6) is 2.61. The van der Waals surface area contributed by atoms with Crippen LogP contribution in [0.15, 0.2) is 24.3 Å². The van der Waals surface area contributed by atoms with Crippen molar-refractivity contribution in [1.82, 2.24) is 5.32 Å². The van der Waals surface area contributed by atoms with Crippen LogP contribution in [0.25, 0.3) is 0 Å². The maximum Gasteiger partial charge on any atom is 0.119 e. The molecule has 1 aliphatic carbocycles. The Bertz CT molecular complexity index is 353. The van der Waals surface area contributed by atoms with E-state index in [1.54, 1.807) is 0 Å². The third kappa shape index (κ3) is 2.04. The number of ether oxygens (including phenoxy) is 1. The van der Waals surface area contributed by atoms with Gasteiger partial charge in [0.2, 0.25) is 0 Å². The van der Waals surface area contributed by atoms with Crippen LogP contribution < -0.4 is 10.1 Å². The second-order valence-electron chi connectivity index (χ2n) is 4.84. The van der Waals surface area contributed by atoms with Crippen LogP contribution in [0.3, 0.4) is 0 Å². The maximum absolute atomic E-state index is 5.98. The molecule has 1 saturated carbocycles. The van der Waals surface area contributed by atoms with Crippen LogP contribution in [-0.4, -0.2) is 19.2 Å². The molecular weight excluding hydrogens is 222 g/mol. The van der Waals surface area contributed by atoms with Crippen molar-refractivity contribution >= 4 is 11.6 Å². The molecule has 2 aliphatic rings. The number of benzene rings is 1. The number of halogens is 1. The van der Waals surface area contributed by atoms with Crippen molar-refractivity contribution in [2.45, 2.75) is 18.9 Å². The van der Waals surface area contributed by atoms with Crippen molar-refractivity contribution in [3.8, 4) is 5.75 Å². The fourth-order valence-corrected chi connectivity index (χ4v) is 3.04. The Morgan fingerprint density at radius 2 is 1.69 bits per heavy atom. The Hall–Kier alpha value is -0.730. The predicted octanol–water partition coefficient (Wildman–Crippen LogP) is 2.72. The molecule has 0 amide bonds. The molecule has 1 unspecified atom stereocenters. The number of hydrogen-bond acceptors (Lipinski definition) is 2. The molecular formula is C13H16ClNO. The van der Waals surface area contributed by atoms with E-state index >= 15 is 0 Å². The molecule has 1 aromatic carbocycles. The van der Waals surface area contributed by atoms with Gasteiger partial charge >= 0.3 is 0 Å². The first kappa shape index (κ1) is 10.4. The molecule has 0 aromatic heterocycles. The molecule has 1 saturated heterocycles. The summed E-state index contributed by atoms with van der Waals surface area (Å²) >= 11 is 5.84. The summed E-state index contributed by atoms with van der Waals surface area (Å²) in [4.78, 5) is 0. The van der Waals surface area contributed by atoms with Gasteiger partial charge in [-0.25, -0.2) is 0 Å². The van der Waals surface area contributed by atoms with Gasteiger partial charge in [0.1, 0.15) is 5.75 Å². The molecule has 3 atom stereocenters. The zero-order valence-corrected chi connectivity index (χ0v) is 9.91. The van der Waals surface area contributed by atoms with E-state index in [1.807, 2.05) is 24.3 Å². The standard InChI is InChI=1S/C13H16ClNO/c14-11-1-3-12(4-2-11)16-13-5-9-7-15-8-10(9)6-13/h1-4,9-10,13,15H,5-8H2/t9-,10+,13?. The van der Waals surface area contributed by atoms with Gasteiger partial charge in [-0.15, -0.1) is 0 Å². The molecule has 0 radical (unpaired) electrons. The van der Waals surface area contributed by atoms with Crippen LogP contribution in [-0.2, 0) is 0 Å². The maximum atomic E-state index is 5.98. The van der Waals surface area contributed by atoms with Crippen molar-refractivity contribution in [1.29, 1.82) is 0 Å². The summed E-state index contributed by atoms with van der Waals surface area (Å²) < 4.78 is 5.98. The molecule has 1 aliphatic heterocycles. The van der Waals surface area contributed by atoms with E-state index in [4.69, 9.17) is 16.3 Å². The van der Waals surface area contributed by atoms with Gasteiger partial charge < -0.3 is 10.1 Å². The minimum Gasteiger partial charge on any atom is -0.490 e. The van der Waals surface area contributed by atoms with Gasteiger partial charge in [-0.2, -0.15) is 0 Å². The Labute approximate surface area is 101 Å². The average molecular weight is 238 g/mol. The lowest BCUT2D eigenvalue weighted by Gasteiger charge is -2.14. The highest BCUT2D eigenvalue weighted by Crippen LogP contribution is 2.36. The monoisotopic (exact) mass is 237 g/mol. The minimum atomic E-state index is 0.401. The lowest BCUT2D eigenvalue weighted by molar-refractivity contribution is 0.199. The molecule has 16 heavy (non-hydrogen) atoms. The highest BCUT2D eigenvalue weighted by Gasteiger charge is 2.38. The van der Waals surface area contributed by atoms with Crippen LogP contribution in [0, 0.1) is 11.8 Å². The van der Waals surface area contributed by atoms with E-state index in [0.717, 1.165) is 22.6 Å². The Balaban J connectivity index is 1.62. The van der Waals surface area contributed by atoms with E-state index in [0.29, 0.717) is 6.10 Å². The van der Waals surface area contributed by atoms with Crippen molar-refractivity contribution in [3.63, 3.8) is 0 Å². The Morgan fingerprint density at radius 1 is 1.06 bits per heavy atom. The summed E-state index contributed by atoms with van der Waals surface area (Å²) in [5, 5.41) is 4.21. The van der Waals surface area contributed by atoms with E-state index < -0.39 is 0 Å². The molecule has 0 bridgehead atoms. The van der Waals surface area contributed by atoms with Crippen molar-refractivity contribution in [3.05, 3.63) is 29.3 Å². The molecule has 1 aromatic rings. The molecule has 2 nitrogen and oxygen atoms in total. The highest BCUT2D eigenvalue weighted by atomic mass is 35.5. The highest BCUT2D eigenvalue weighted by molar-refractivity contribution is 6.30. The summed E-state index contributed by atoms with van der Waals surface area (Å²) in [6, 6.07) is 7.67. The first-order valence-electron chi connectivity index (χ1n) is 5.94. The van der Waals surface area contributed by atoms with Crippen molar-refractivity contribution in [2.24, 2.45) is 11.8 Å². The van der Waals surface area contributed by atoms with Gasteiger partial charge in [-0.05, 0) is 62.0 Å². The topological polar surface area (TPSA) is 21.3 Å². The molecule has 86 valence electrons. The van der Waals surface area contributed by atoms with E-state index in [9.17, 15) is 0 Å². The zero-order chi connectivity index (χ0) is 11.0. The van der Waals surface area contributed by atoms with Crippen molar-refractivity contribution < 1.29 is 4.74 Å². The average Bonchev–Trinajstić information content (AvgIpc) is 2.81. The molecule has 3 rings (SSSR count). The SMILES string of the molecule is Clc1ccc(OC2C[C@H]3CNC[C@H]3C2)cc1. The van der Waals surface area contributed by atoms with Crippen LogP contribution in [0.1, 0.15) is 12.8 Å². The van der Waals surface area contributed by atoms with Gasteiger partial charge in [0, 0.05) is 5.02 Å². The van der Waals surface area contributed by atoms with E-state index in [2.05, 4.69) is 5.32 Å². The first-order chi connectivity index (χ1) is 7.81. The summed E-state index contributed by atoms with van der Waals surface area (Å²) in [5.41, 5.74) is 0. The first-order valence-corrected chi connectivity index (χ1v) is 6.32. The van der Waals surface area contributed by atoms with Crippen LogP contribution >= 0.6 is 11.6 Å². The molecule has 3 heteroatoms. The minimum absolute atomic E-state index is 0.401. The fourth-order valence-electron chi connectivity index (χ4n) is 2.91. The number of hydrogen-bond donors (Lipinski definition) is 1. The second-order valence-corrected chi connectivity index (χ2v) is 5.28. The molecule has 1 N–H and O–H groups in total. The summed E-state index contributed by atoms with van der Waals surface area (Å²) in [7, 11) is 0. The van der Waals surface area contributed by atoms with Gasteiger partial charge in [0.25, 0.3) is 0 Å². The van der Waals surface area contributed by atoms with E-state index in [1.165, 1.54) is 25.9 Å². The molecule has 0 spiro atoms. The normalized spacial score (nSPS) is 32.7. The number of nitrogens with one attached hydrogen (secondary N) is 1. The summed E-state index contributed by atoms with van der Waals surface area (Å²) in [6.07, 6.45) is 2.79. The summed E-state index contributed by atoms with van der Waals surface area (Å²) in [6.45, 7) is 2.34. The number of rotatable bonds is 2. The molecule has 1 heterocycles. The largest absolute Gasteiger partial charge is 0.490 e. The van der Waals surface area contributed by atoms with Crippen LogP contribution in [0.5, 0.6) is 5.75 Å². The fraction of sp³-hybridized carbons (Fsp3) is 0.538. The second kappa shape index (κ2) is 4.27. The van der Waals surface area contributed by atoms with Gasteiger partial charge in [0.15, 0.2) is 0 Å². The smallest absolute Gasteiger partial charge is 0.119 e. The Morgan fingerprint density at radius 3 is 2.31 bits per heavy atom. The third-order valence-corrected chi connectivity index (χ3v) is 3.98. The van der Waals surface area contributed by atoms with E-state index in [-0.39, 0.29) is 0 Å². The van der Waals surface area contributed by atoms with Crippen LogP contribution in [0.4, 0.5) is 0 Å². The van der Waals surface area contributed by atoms with Crippen LogP contribution in [0.2, 0.25) is 5.02 Å². The zero-order valence-electron chi connectivity index (χ0n) is 9.16. The third-order valence-electron chi connectivity index (χ3n) is 3.73. The lowest BCUT2D eigenvalue weighted by Crippen LogP contribution is -2.18.